The first kappa shape index (κ1) is 56.9. The molecule has 0 aromatic rings. The molecule has 0 spiro atoms. The predicted molar refractivity (Wildman–Crippen MR) is 256 cm³/mol. The first-order valence-electron chi connectivity index (χ1n) is 24.9. The lowest BCUT2D eigenvalue weighted by Crippen LogP contribution is -2.30. The fourth-order valence-corrected chi connectivity index (χ4v) is 6.76. The van der Waals surface area contributed by atoms with Gasteiger partial charge in [0.15, 0.2) is 6.10 Å². The van der Waals surface area contributed by atoms with Crippen molar-refractivity contribution < 1.29 is 28.6 Å². The van der Waals surface area contributed by atoms with Crippen molar-refractivity contribution in [3.8, 4) is 0 Å². The third-order valence-corrected chi connectivity index (χ3v) is 10.5. The van der Waals surface area contributed by atoms with Crippen molar-refractivity contribution in [1.29, 1.82) is 0 Å². The van der Waals surface area contributed by atoms with Gasteiger partial charge in [-0.15, -0.1) is 0 Å². The minimum absolute atomic E-state index is 0.0961. The Bertz CT molecular complexity index is 1140. The van der Waals surface area contributed by atoms with Crippen molar-refractivity contribution in [2.45, 2.75) is 239 Å². The highest BCUT2D eigenvalue weighted by molar-refractivity contribution is 5.71. The van der Waals surface area contributed by atoms with Crippen molar-refractivity contribution in [3.05, 3.63) is 72.9 Å². The van der Waals surface area contributed by atoms with Crippen molar-refractivity contribution in [3.63, 3.8) is 0 Å². The van der Waals surface area contributed by atoms with Crippen LogP contribution in [0.5, 0.6) is 0 Å². The van der Waals surface area contributed by atoms with Gasteiger partial charge in [0.1, 0.15) is 13.2 Å². The highest BCUT2D eigenvalue weighted by Gasteiger charge is 2.19. The Hall–Kier alpha value is -3.15. The first-order valence-corrected chi connectivity index (χ1v) is 24.9. The van der Waals surface area contributed by atoms with E-state index < -0.39 is 6.10 Å². The van der Waals surface area contributed by atoms with Gasteiger partial charge in [-0.2, -0.15) is 0 Å². The topological polar surface area (TPSA) is 78.9 Å². The Morgan fingerprint density at radius 2 is 0.650 bits per heavy atom. The van der Waals surface area contributed by atoms with E-state index in [2.05, 4.69) is 87.6 Å². The van der Waals surface area contributed by atoms with Crippen molar-refractivity contribution in [2.75, 3.05) is 13.2 Å². The molecule has 0 fully saturated rings. The molecule has 6 heteroatoms. The average Bonchev–Trinajstić information content (AvgIpc) is 3.24. The molecule has 0 radical (unpaired) electrons. The minimum Gasteiger partial charge on any atom is -0.462 e. The lowest BCUT2D eigenvalue weighted by Gasteiger charge is -2.18. The molecule has 0 aliphatic heterocycles. The van der Waals surface area contributed by atoms with Gasteiger partial charge in [-0.1, -0.05) is 229 Å². The summed E-state index contributed by atoms with van der Waals surface area (Å²) in [5.74, 6) is -0.985. The third kappa shape index (κ3) is 45.9. The second-order valence-electron chi connectivity index (χ2n) is 16.4. The number of carbonyl (C=O) groups excluding carboxylic acids is 3. The van der Waals surface area contributed by atoms with Gasteiger partial charge >= 0.3 is 17.9 Å². The number of ether oxygens (including phenoxy) is 3. The van der Waals surface area contributed by atoms with Crippen LogP contribution in [0.4, 0.5) is 0 Å². The Labute approximate surface area is 370 Å². The van der Waals surface area contributed by atoms with E-state index in [1.54, 1.807) is 0 Å². The maximum Gasteiger partial charge on any atom is 0.306 e. The van der Waals surface area contributed by atoms with Crippen LogP contribution in [0.25, 0.3) is 0 Å². The van der Waals surface area contributed by atoms with E-state index >= 15 is 0 Å². The Balaban J connectivity index is 4.44. The monoisotopic (exact) mass is 837 g/mol. The summed E-state index contributed by atoms with van der Waals surface area (Å²) in [6.07, 6.45) is 60.4. The quantitative estimate of drug-likeness (QED) is 0.0263. The van der Waals surface area contributed by atoms with Gasteiger partial charge in [-0.3, -0.25) is 14.4 Å². The smallest absolute Gasteiger partial charge is 0.306 e. The lowest BCUT2D eigenvalue weighted by molar-refractivity contribution is -0.166. The van der Waals surface area contributed by atoms with Gasteiger partial charge in [0, 0.05) is 19.3 Å². The van der Waals surface area contributed by atoms with Gasteiger partial charge in [0.2, 0.25) is 0 Å². The molecule has 1 unspecified atom stereocenters. The summed E-state index contributed by atoms with van der Waals surface area (Å²) in [5, 5.41) is 0. The fraction of sp³-hybridized carbons (Fsp3) is 0.722. The summed E-state index contributed by atoms with van der Waals surface area (Å²) in [6.45, 7) is 6.44. The van der Waals surface area contributed by atoms with Crippen LogP contribution >= 0.6 is 0 Å². The molecule has 0 rings (SSSR count). The number of allylic oxidation sites excluding steroid dienone is 12. The van der Waals surface area contributed by atoms with E-state index in [0.717, 1.165) is 77.0 Å². The summed E-state index contributed by atoms with van der Waals surface area (Å²) >= 11 is 0. The van der Waals surface area contributed by atoms with Crippen molar-refractivity contribution in [2.24, 2.45) is 0 Å². The predicted octanol–water partition coefficient (Wildman–Crippen LogP) is 16.3. The third-order valence-electron chi connectivity index (χ3n) is 10.5. The molecule has 60 heavy (non-hydrogen) atoms. The Kier molecular flexibility index (Phi) is 46.0. The summed E-state index contributed by atoms with van der Waals surface area (Å²) in [4.78, 5) is 37.8. The Morgan fingerprint density at radius 1 is 0.350 bits per heavy atom. The highest BCUT2D eigenvalue weighted by atomic mass is 16.6. The van der Waals surface area contributed by atoms with Crippen LogP contribution in [0.15, 0.2) is 72.9 Å². The van der Waals surface area contributed by atoms with E-state index in [4.69, 9.17) is 14.2 Å². The molecule has 0 aliphatic carbocycles. The number of esters is 3. The largest absolute Gasteiger partial charge is 0.462 e. The van der Waals surface area contributed by atoms with Gasteiger partial charge in [-0.25, -0.2) is 0 Å². The Morgan fingerprint density at radius 3 is 1.02 bits per heavy atom. The molecule has 0 aromatic heterocycles. The summed E-state index contributed by atoms with van der Waals surface area (Å²) in [5.41, 5.74) is 0. The molecule has 0 amide bonds. The van der Waals surface area contributed by atoms with Crippen molar-refractivity contribution >= 4 is 17.9 Å². The second kappa shape index (κ2) is 48.5. The molecule has 0 saturated heterocycles. The zero-order chi connectivity index (χ0) is 43.7. The summed E-state index contributed by atoms with van der Waals surface area (Å²) in [7, 11) is 0. The van der Waals surface area contributed by atoms with E-state index in [0.29, 0.717) is 19.3 Å². The molecule has 1 atom stereocenters. The second-order valence-corrected chi connectivity index (χ2v) is 16.4. The molecular formula is C54H92O6. The van der Waals surface area contributed by atoms with Gasteiger partial charge in [0.05, 0.1) is 0 Å². The number of hydrogen-bond donors (Lipinski definition) is 0. The molecule has 0 aliphatic rings. The average molecular weight is 837 g/mol. The maximum atomic E-state index is 12.7. The van der Waals surface area contributed by atoms with E-state index in [9.17, 15) is 14.4 Å². The molecule has 0 N–H and O–H groups in total. The number of carbonyl (C=O) groups is 3. The molecule has 0 saturated carbocycles. The standard InChI is InChI=1S/C54H92O6/c1-4-7-10-13-16-19-21-23-25-26-27-28-29-31-32-35-38-41-44-47-53(56)59-50-51(49-58-52(55)46-43-40-37-34-18-15-12-9-6-3)60-54(57)48-45-42-39-36-33-30-24-22-20-17-14-11-8-5-2/h7,10,16,19,23,25,27-28,31-32,38,41,51H,4-6,8-9,11-15,17-18,20-22,24,26,29-30,33-37,39-40,42-50H2,1-3H3/b10-7-,19-16-,25-23-,28-27-,32-31-,41-38-. The zero-order valence-electron chi connectivity index (χ0n) is 39.2. The normalized spacial score (nSPS) is 12.7. The number of unbranched alkanes of at least 4 members (excludes halogenated alkanes) is 21. The van der Waals surface area contributed by atoms with E-state index in [1.807, 2.05) is 6.08 Å². The number of hydrogen-bond acceptors (Lipinski definition) is 6. The van der Waals surface area contributed by atoms with Gasteiger partial charge in [0.25, 0.3) is 0 Å². The summed E-state index contributed by atoms with van der Waals surface area (Å²) in [6, 6.07) is 0. The highest BCUT2D eigenvalue weighted by Crippen LogP contribution is 2.15. The number of rotatable bonds is 44. The van der Waals surface area contributed by atoms with Crippen LogP contribution in [0.1, 0.15) is 233 Å². The maximum absolute atomic E-state index is 12.7. The van der Waals surface area contributed by atoms with Crippen LogP contribution < -0.4 is 0 Å². The molecule has 6 nitrogen and oxygen atoms in total. The van der Waals surface area contributed by atoms with Crippen LogP contribution in [0, 0.1) is 0 Å². The zero-order valence-corrected chi connectivity index (χ0v) is 39.2. The van der Waals surface area contributed by atoms with Gasteiger partial charge in [-0.05, 0) is 57.8 Å². The van der Waals surface area contributed by atoms with E-state index in [1.165, 1.54) is 109 Å². The van der Waals surface area contributed by atoms with Crippen LogP contribution in [-0.4, -0.2) is 37.2 Å². The van der Waals surface area contributed by atoms with Gasteiger partial charge < -0.3 is 14.2 Å². The van der Waals surface area contributed by atoms with Crippen LogP contribution in [0.3, 0.4) is 0 Å². The molecular weight excluding hydrogens is 745 g/mol. The summed E-state index contributed by atoms with van der Waals surface area (Å²) < 4.78 is 16.7. The van der Waals surface area contributed by atoms with Crippen molar-refractivity contribution in [1.82, 2.24) is 0 Å². The first-order chi connectivity index (χ1) is 29.5. The van der Waals surface area contributed by atoms with E-state index in [-0.39, 0.29) is 37.5 Å². The van der Waals surface area contributed by atoms with Crippen LogP contribution in [-0.2, 0) is 28.6 Å². The molecule has 0 heterocycles. The molecule has 344 valence electrons. The fourth-order valence-electron chi connectivity index (χ4n) is 6.76. The lowest BCUT2D eigenvalue weighted by atomic mass is 10.0. The molecule has 0 bridgehead atoms. The minimum atomic E-state index is -0.800. The van der Waals surface area contributed by atoms with Crippen LogP contribution in [0.2, 0.25) is 0 Å². The SMILES string of the molecule is CC/C=C\C/C=C\C/C=C\C/C=C\C/C=C\C/C=C\CCC(=O)OCC(COC(=O)CCCCCCCCCCC)OC(=O)CCCCCCCCCCCCCCCC. The molecule has 0 aromatic carbocycles.